The van der Waals surface area contributed by atoms with E-state index in [2.05, 4.69) is 0 Å². The van der Waals surface area contributed by atoms with Crippen LogP contribution in [-0.2, 0) is 24.8 Å². The van der Waals surface area contributed by atoms with Crippen molar-refractivity contribution >= 4 is 26.0 Å². The van der Waals surface area contributed by atoms with Gasteiger partial charge in [0.1, 0.15) is 6.10 Å². The molecule has 30 heavy (non-hydrogen) atoms. The summed E-state index contributed by atoms with van der Waals surface area (Å²) in [6.45, 7) is -0.572. The van der Waals surface area contributed by atoms with Gasteiger partial charge in [-0.05, 0) is 30.3 Å². The molecule has 0 aromatic heterocycles. The fourth-order valence-electron chi connectivity index (χ4n) is 3.24. The van der Waals surface area contributed by atoms with Crippen LogP contribution >= 0.6 is 0 Å². The summed E-state index contributed by atoms with van der Waals surface area (Å²) in [6, 6.07) is 21.0. The Morgan fingerprint density at radius 3 is 1.70 bits per heavy atom. The third-order valence-electron chi connectivity index (χ3n) is 4.71. The minimum Gasteiger partial charge on any atom is -0.452 e. The van der Waals surface area contributed by atoms with Gasteiger partial charge in [-0.15, -0.1) is 0 Å². The molecule has 154 valence electrons. The number of esters is 1. The van der Waals surface area contributed by atoms with E-state index in [1.165, 1.54) is 48.5 Å². The molecule has 1 aliphatic rings. The molecule has 0 bridgehead atoms. The predicted molar refractivity (Wildman–Crippen MR) is 109 cm³/mol. The van der Waals surface area contributed by atoms with E-state index >= 15 is 0 Å². The van der Waals surface area contributed by atoms with Crippen molar-refractivity contribution in [1.82, 2.24) is 3.71 Å². The summed E-state index contributed by atoms with van der Waals surface area (Å²) in [6.07, 6.45) is -1.05. The number of carbonyl (C=O) groups is 1. The zero-order valence-electron chi connectivity index (χ0n) is 15.6. The van der Waals surface area contributed by atoms with Gasteiger partial charge in [-0.1, -0.05) is 58.3 Å². The summed E-state index contributed by atoms with van der Waals surface area (Å²) >= 11 is 0. The normalized spacial score (nSPS) is 16.3. The smallest absolute Gasteiger partial charge is 0.339 e. The Balaban J connectivity index is 1.83. The van der Waals surface area contributed by atoms with Gasteiger partial charge in [-0.3, -0.25) is 0 Å². The van der Waals surface area contributed by atoms with E-state index in [1.54, 1.807) is 36.4 Å². The molecule has 0 aliphatic carbocycles. The monoisotopic (exact) mass is 443 g/mol. The fraction of sp³-hybridized carbons (Fsp3) is 0.0952. The molecule has 1 aliphatic heterocycles. The average molecular weight is 444 g/mol. The lowest BCUT2D eigenvalue weighted by molar-refractivity contribution is 0.0372. The van der Waals surface area contributed by atoms with Crippen molar-refractivity contribution in [2.24, 2.45) is 0 Å². The third kappa shape index (κ3) is 3.51. The van der Waals surface area contributed by atoms with Crippen LogP contribution < -0.4 is 0 Å². The molecule has 1 heterocycles. The molecular weight excluding hydrogens is 426 g/mol. The first-order valence-corrected chi connectivity index (χ1v) is 11.9. The maximum atomic E-state index is 13.3. The Kier molecular flexibility index (Phi) is 5.19. The van der Waals surface area contributed by atoms with E-state index in [1.807, 2.05) is 0 Å². The molecule has 0 saturated heterocycles. The number of fused-ring (bicyclic) bond motifs is 1. The third-order valence-corrected chi connectivity index (χ3v) is 8.99. The molecular formula is C21H17NO6S2. The maximum absolute atomic E-state index is 13.3. The van der Waals surface area contributed by atoms with Gasteiger partial charge in [-0.2, -0.15) is 0 Å². The van der Waals surface area contributed by atoms with Crippen LogP contribution in [0.1, 0.15) is 22.0 Å². The van der Waals surface area contributed by atoms with E-state index in [9.17, 15) is 21.6 Å². The Hall–Kier alpha value is -3.01. The average Bonchev–Trinajstić information content (AvgIpc) is 3.09. The van der Waals surface area contributed by atoms with E-state index < -0.39 is 38.7 Å². The highest BCUT2D eigenvalue weighted by molar-refractivity contribution is 8.04. The first kappa shape index (κ1) is 20.3. The topological polar surface area (TPSA) is 97.8 Å². The number of sulfonamides is 2. The Bertz CT molecular complexity index is 1220. The van der Waals surface area contributed by atoms with Crippen molar-refractivity contribution in [3.8, 4) is 0 Å². The summed E-state index contributed by atoms with van der Waals surface area (Å²) in [5.74, 6) is -0.621. The molecule has 1 unspecified atom stereocenters. The molecule has 0 saturated carbocycles. The number of carbonyl (C=O) groups excluding carboxylic acids is 1. The quantitative estimate of drug-likeness (QED) is 0.543. The van der Waals surface area contributed by atoms with Gasteiger partial charge in [0.2, 0.25) is 0 Å². The van der Waals surface area contributed by atoms with Gasteiger partial charge >= 0.3 is 5.97 Å². The van der Waals surface area contributed by atoms with E-state index in [-0.39, 0.29) is 15.4 Å². The van der Waals surface area contributed by atoms with Crippen molar-refractivity contribution in [1.29, 1.82) is 0 Å². The van der Waals surface area contributed by atoms with Crippen LogP contribution in [0, 0.1) is 0 Å². The highest BCUT2D eigenvalue weighted by atomic mass is 32.3. The van der Waals surface area contributed by atoms with Crippen LogP contribution in [0.5, 0.6) is 0 Å². The standard InChI is InChI=1S/C21H17NO6S2/c23-21-19-14-8-7-13-18(19)20(28-21)15-22(29(24,25)16-9-3-1-4-10-16)30(26,27)17-11-5-2-6-12-17/h1-14,20H,15H2. The lowest BCUT2D eigenvalue weighted by Gasteiger charge is -2.24. The summed E-state index contributed by atoms with van der Waals surface area (Å²) in [5.41, 5.74) is 0.732. The van der Waals surface area contributed by atoms with Gasteiger partial charge in [0.15, 0.2) is 0 Å². The fourth-order valence-corrected chi connectivity index (χ4v) is 6.92. The number of nitrogens with zero attached hydrogens (tertiary/aromatic N) is 1. The Labute approximate surface area is 174 Å². The Morgan fingerprint density at radius 2 is 1.17 bits per heavy atom. The second-order valence-corrected chi connectivity index (χ2v) is 10.5. The van der Waals surface area contributed by atoms with Crippen molar-refractivity contribution in [3.05, 3.63) is 96.1 Å². The van der Waals surface area contributed by atoms with Gasteiger partial charge in [0.25, 0.3) is 20.0 Å². The first-order valence-electron chi connectivity index (χ1n) is 9.00. The molecule has 0 N–H and O–H groups in total. The molecule has 0 spiro atoms. The van der Waals surface area contributed by atoms with Gasteiger partial charge in [0.05, 0.1) is 21.9 Å². The van der Waals surface area contributed by atoms with Crippen LogP contribution in [0.2, 0.25) is 0 Å². The van der Waals surface area contributed by atoms with Gasteiger partial charge < -0.3 is 4.74 Å². The molecule has 7 nitrogen and oxygen atoms in total. The summed E-state index contributed by atoms with van der Waals surface area (Å²) < 4.78 is 59.1. The van der Waals surface area contributed by atoms with Crippen LogP contribution in [0.15, 0.2) is 94.7 Å². The molecule has 9 heteroatoms. The van der Waals surface area contributed by atoms with Crippen molar-refractivity contribution in [2.75, 3.05) is 6.54 Å². The van der Waals surface area contributed by atoms with Crippen LogP contribution in [-0.4, -0.2) is 33.1 Å². The number of hydrogen-bond acceptors (Lipinski definition) is 6. The van der Waals surface area contributed by atoms with E-state index in [0.717, 1.165) is 0 Å². The van der Waals surface area contributed by atoms with Crippen molar-refractivity contribution in [3.63, 3.8) is 0 Å². The molecule has 3 aromatic rings. The number of hydrogen-bond donors (Lipinski definition) is 0. The highest BCUT2D eigenvalue weighted by Gasteiger charge is 2.42. The number of benzene rings is 3. The minimum atomic E-state index is -4.46. The summed E-state index contributed by atoms with van der Waals surface area (Å²) in [4.78, 5) is 11.8. The molecule has 4 rings (SSSR count). The molecule has 0 fully saturated rings. The maximum Gasteiger partial charge on any atom is 0.339 e. The predicted octanol–water partition coefficient (Wildman–Crippen LogP) is 2.98. The van der Waals surface area contributed by atoms with Gasteiger partial charge in [0, 0.05) is 5.56 Å². The SMILES string of the molecule is O=C1OC(CN(S(=O)(=O)c2ccccc2)S(=O)(=O)c2ccccc2)c2ccccc21. The molecule has 0 radical (unpaired) electrons. The minimum absolute atomic E-state index is 0.179. The Morgan fingerprint density at radius 1 is 0.700 bits per heavy atom. The van der Waals surface area contributed by atoms with Crippen LogP contribution in [0.25, 0.3) is 0 Å². The largest absolute Gasteiger partial charge is 0.452 e. The van der Waals surface area contributed by atoms with Crippen LogP contribution in [0.3, 0.4) is 0 Å². The van der Waals surface area contributed by atoms with Crippen molar-refractivity contribution < 1.29 is 26.4 Å². The summed E-state index contributed by atoms with van der Waals surface area (Å²) in [5, 5.41) is 0. The molecule has 1 atom stereocenters. The lowest BCUT2D eigenvalue weighted by Crippen LogP contribution is -2.39. The first-order chi connectivity index (χ1) is 14.3. The number of rotatable bonds is 6. The van der Waals surface area contributed by atoms with Gasteiger partial charge in [-0.25, -0.2) is 21.6 Å². The zero-order valence-corrected chi connectivity index (χ0v) is 17.2. The van der Waals surface area contributed by atoms with Crippen molar-refractivity contribution in [2.45, 2.75) is 15.9 Å². The second kappa shape index (κ2) is 7.67. The second-order valence-electron chi connectivity index (χ2n) is 6.57. The lowest BCUT2D eigenvalue weighted by atomic mass is 10.1. The van der Waals surface area contributed by atoms with E-state index in [0.29, 0.717) is 9.27 Å². The number of cyclic esters (lactones) is 1. The molecule has 0 amide bonds. The zero-order chi connectivity index (χ0) is 21.4. The number of ether oxygens (including phenoxy) is 1. The highest BCUT2D eigenvalue weighted by Crippen LogP contribution is 2.34. The molecule has 3 aromatic carbocycles. The summed E-state index contributed by atoms with van der Waals surface area (Å²) in [7, 11) is -8.92. The van der Waals surface area contributed by atoms with E-state index in [4.69, 9.17) is 4.74 Å². The van der Waals surface area contributed by atoms with Crippen LogP contribution in [0.4, 0.5) is 0 Å².